The standard InChI is InChI=1S/C23H33N5O/c1-15-5-4-9-27(12-15)23-24-21-14-26(10-8-20(21)22(29)25-23)13-18-11-16(2)28(17(18)3)19-6-7-19/h11,15,19H,4-10,12-14H2,1-3H3,(H,24,25,29). The zero-order valence-corrected chi connectivity index (χ0v) is 18.0. The predicted octanol–water partition coefficient (Wildman–Crippen LogP) is 3.32. The van der Waals surface area contributed by atoms with Crippen LogP contribution in [0, 0.1) is 19.8 Å². The normalized spacial score (nSPS) is 22.7. The molecule has 0 aromatic carbocycles. The Balaban J connectivity index is 1.36. The summed E-state index contributed by atoms with van der Waals surface area (Å²) in [4.78, 5) is 25.4. The first kappa shape index (κ1) is 18.9. The Hall–Kier alpha value is -2.08. The van der Waals surface area contributed by atoms with E-state index < -0.39 is 0 Å². The van der Waals surface area contributed by atoms with Crippen molar-refractivity contribution in [2.24, 2.45) is 5.92 Å². The predicted molar refractivity (Wildman–Crippen MR) is 115 cm³/mol. The minimum atomic E-state index is 0.0646. The van der Waals surface area contributed by atoms with E-state index in [0.29, 0.717) is 5.92 Å². The third-order valence-corrected chi connectivity index (χ3v) is 6.99. The second-order valence-corrected chi connectivity index (χ2v) is 9.47. The van der Waals surface area contributed by atoms with Crippen LogP contribution in [0.15, 0.2) is 10.9 Å². The maximum atomic E-state index is 12.7. The van der Waals surface area contributed by atoms with Crippen LogP contribution in [-0.4, -0.2) is 39.1 Å². The van der Waals surface area contributed by atoms with E-state index in [1.54, 1.807) is 0 Å². The minimum Gasteiger partial charge on any atom is -0.346 e. The van der Waals surface area contributed by atoms with Gasteiger partial charge in [-0.25, -0.2) is 4.98 Å². The molecule has 0 radical (unpaired) electrons. The summed E-state index contributed by atoms with van der Waals surface area (Å²) in [5.74, 6) is 1.43. The minimum absolute atomic E-state index is 0.0646. The van der Waals surface area contributed by atoms with Crippen molar-refractivity contribution in [2.75, 3.05) is 24.5 Å². The van der Waals surface area contributed by atoms with Gasteiger partial charge in [0.2, 0.25) is 5.95 Å². The summed E-state index contributed by atoms with van der Waals surface area (Å²) < 4.78 is 2.52. The molecule has 1 aliphatic carbocycles. The van der Waals surface area contributed by atoms with Crippen molar-refractivity contribution in [3.05, 3.63) is 44.6 Å². The summed E-state index contributed by atoms with van der Waals surface area (Å²) in [6.07, 6.45) is 5.86. The van der Waals surface area contributed by atoms with Crippen LogP contribution in [0.25, 0.3) is 0 Å². The Kier molecular flexibility index (Phi) is 4.77. The highest BCUT2D eigenvalue weighted by atomic mass is 16.1. The number of anilines is 1. The quantitative estimate of drug-likeness (QED) is 0.863. The second kappa shape index (κ2) is 7.31. The average molecular weight is 396 g/mol. The molecule has 1 saturated heterocycles. The lowest BCUT2D eigenvalue weighted by molar-refractivity contribution is 0.240. The van der Waals surface area contributed by atoms with Crippen molar-refractivity contribution in [1.82, 2.24) is 19.4 Å². The lowest BCUT2D eigenvalue weighted by atomic mass is 10.0. The number of rotatable bonds is 4. The van der Waals surface area contributed by atoms with Crippen molar-refractivity contribution < 1.29 is 0 Å². The SMILES string of the molecule is Cc1cc(CN2CCc3c(nc(N4CCCC(C)C4)[nH]c3=O)C2)c(C)n1C1CC1. The molecule has 1 atom stereocenters. The molecule has 1 saturated carbocycles. The van der Waals surface area contributed by atoms with Crippen molar-refractivity contribution in [2.45, 2.75) is 72.0 Å². The van der Waals surface area contributed by atoms with E-state index in [2.05, 4.69) is 46.2 Å². The Morgan fingerprint density at radius 1 is 1.21 bits per heavy atom. The fourth-order valence-electron chi connectivity index (χ4n) is 5.29. The van der Waals surface area contributed by atoms with Crippen molar-refractivity contribution in [1.29, 1.82) is 0 Å². The van der Waals surface area contributed by atoms with Crippen LogP contribution < -0.4 is 10.5 Å². The average Bonchev–Trinajstić information content (AvgIpc) is 3.48. The van der Waals surface area contributed by atoms with Crippen LogP contribution in [-0.2, 0) is 19.5 Å². The molecule has 0 amide bonds. The van der Waals surface area contributed by atoms with Crippen molar-refractivity contribution >= 4 is 5.95 Å². The topological polar surface area (TPSA) is 57.2 Å². The number of hydrogen-bond donors (Lipinski definition) is 1. The van der Waals surface area contributed by atoms with Gasteiger partial charge in [0.05, 0.1) is 5.69 Å². The van der Waals surface area contributed by atoms with Crippen LogP contribution in [0.5, 0.6) is 0 Å². The summed E-state index contributed by atoms with van der Waals surface area (Å²) in [6, 6.07) is 3.08. The fourth-order valence-corrected chi connectivity index (χ4v) is 5.29. The maximum absolute atomic E-state index is 12.7. The molecule has 1 N–H and O–H groups in total. The monoisotopic (exact) mass is 395 g/mol. The molecule has 0 spiro atoms. The lowest BCUT2D eigenvalue weighted by Crippen LogP contribution is -2.39. The van der Waals surface area contributed by atoms with Crippen LogP contribution >= 0.6 is 0 Å². The van der Waals surface area contributed by atoms with Crippen molar-refractivity contribution in [3.63, 3.8) is 0 Å². The molecule has 2 fully saturated rings. The number of hydrogen-bond acceptors (Lipinski definition) is 4. The maximum Gasteiger partial charge on any atom is 0.255 e. The number of H-pyrrole nitrogens is 1. The van der Waals surface area contributed by atoms with Gasteiger partial charge in [-0.1, -0.05) is 6.92 Å². The van der Waals surface area contributed by atoms with Gasteiger partial charge in [0.15, 0.2) is 0 Å². The first-order chi connectivity index (χ1) is 14.0. The van der Waals surface area contributed by atoms with E-state index in [1.165, 1.54) is 42.6 Å². The van der Waals surface area contributed by atoms with Gasteiger partial charge in [-0.05, 0) is 63.5 Å². The summed E-state index contributed by atoms with van der Waals surface area (Å²) in [5, 5.41) is 0. The molecule has 2 aromatic heterocycles. The highest BCUT2D eigenvalue weighted by Crippen LogP contribution is 2.38. The van der Waals surface area contributed by atoms with E-state index in [4.69, 9.17) is 4.98 Å². The molecule has 2 aromatic rings. The number of nitrogens with one attached hydrogen (secondary N) is 1. The molecule has 6 nitrogen and oxygen atoms in total. The van der Waals surface area contributed by atoms with E-state index in [1.807, 2.05) is 0 Å². The van der Waals surface area contributed by atoms with Crippen LogP contribution in [0.1, 0.15) is 66.9 Å². The number of aryl methyl sites for hydroxylation is 1. The molecule has 6 heteroatoms. The summed E-state index contributed by atoms with van der Waals surface area (Å²) in [6.45, 7) is 11.4. The zero-order chi connectivity index (χ0) is 20.1. The molecule has 5 rings (SSSR count). The number of fused-ring (bicyclic) bond motifs is 1. The Labute approximate surface area is 172 Å². The molecule has 156 valence electrons. The smallest absolute Gasteiger partial charge is 0.255 e. The summed E-state index contributed by atoms with van der Waals surface area (Å²) >= 11 is 0. The number of piperidine rings is 1. The van der Waals surface area contributed by atoms with E-state index in [-0.39, 0.29) is 5.56 Å². The fraction of sp³-hybridized carbons (Fsp3) is 0.652. The van der Waals surface area contributed by atoms with E-state index in [0.717, 1.165) is 62.4 Å². The van der Waals surface area contributed by atoms with Crippen LogP contribution in [0.4, 0.5) is 5.95 Å². The van der Waals surface area contributed by atoms with Gasteiger partial charge in [0, 0.05) is 55.7 Å². The summed E-state index contributed by atoms with van der Waals surface area (Å²) in [7, 11) is 0. The number of aromatic amines is 1. The van der Waals surface area contributed by atoms with Gasteiger partial charge in [0.1, 0.15) is 0 Å². The third-order valence-electron chi connectivity index (χ3n) is 6.99. The summed E-state index contributed by atoms with van der Waals surface area (Å²) in [5.41, 5.74) is 6.15. The molecule has 0 bridgehead atoms. The Bertz CT molecular complexity index is 970. The third kappa shape index (κ3) is 3.63. The highest BCUT2D eigenvalue weighted by Gasteiger charge is 2.28. The van der Waals surface area contributed by atoms with Crippen LogP contribution in [0.2, 0.25) is 0 Å². The molecule has 2 aliphatic heterocycles. The molecule has 3 aliphatic rings. The number of nitrogens with zero attached hydrogens (tertiary/aromatic N) is 4. The first-order valence-corrected chi connectivity index (χ1v) is 11.3. The van der Waals surface area contributed by atoms with Crippen LogP contribution in [0.3, 0.4) is 0 Å². The highest BCUT2D eigenvalue weighted by molar-refractivity contribution is 5.35. The first-order valence-electron chi connectivity index (χ1n) is 11.3. The largest absolute Gasteiger partial charge is 0.346 e. The van der Waals surface area contributed by atoms with Gasteiger partial charge in [-0.2, -0.15) is 0 Å². The second-order valence-electron chi connectivity index (χ2n) is 9.47. The molecular weight excluding hydrogens is 362 g/mol. The Morgan fingerprint density at radius 2 is 2.03 bits per heavy atom. The molecule has 1 unspecified atom stereocenters. The van der Waals surface area contributed by atoms with Gasteiger partial charge in [-0.3, -0.25) is 14.7 Å². The molecule has 4 heterocycles. The molecular formula is C23H33N5O. The van der Waals surface area contributed by atoms with Gasteiger partial charge in [-0.15, -0.1) is 0 Å². The zero-order valence-electron chi connectivity index (χ0n) is 18.0. The van der Waals surface area contributed by atoms with Gasteiger partial charge >= 0.3 is 0 Å². The van der Waals surface area contributed by atoms with Crippen molar-refractivity contribution in [3.8, 4) is 0 Å². The van der Waals surface area contributed by atoms with E-state index in [9.17, 15) is 4.79 Å². The van der Waals surface area contributed by atoms with Gasteiger partial charge < -0.3 is 9.47 Å². The molecule has 29 heavy (non-hydrogen) atoms. The number of aromatic nitrogens is 3. The van der Waals surface area contributed by atoms with E-state index >= 15 is 0 Å². The lowest BCUT2D eigenvalue weighted by Gasteiger charge is -2.33. The Morgan fingerprint density at radius 3 is 2.79 bits per heavy atom. The van der Waals surface area contributed by atoms with Gasteiger partial charge in [0.25, 0.3) is 5.56 Å².